The van der Waals surface area contributed by atoms with Gasteiger partial charge in [-0.3, -0.25) is 87.5 Å². The van der Waals surface area contributed by atoms with Crippen molar-refractivity contribution in [2.24, 2.45) is 20.1 Å². The van der Waals surface area contributed by atoms with Gasteiger partial charge in [-0.15, -0.1) is 0 Å². The van der Waals surface area contributed by atoms with Crippen LogP contribution < -0.4 is 96.7 Å². The Morgan fingerprint density at radius 2 is 1.23 bits per heavy atom. The van der Waals surface area contributed by atoms with Crippen LogP contribution in [0, 0.1) is 0 Å². The molecular formula is C85H103N25O14. The third kappa shape index (κ3) is 37.5. The number of piperidine rings is 1. The Balaban J connectivity index is 0.000000207. The number of hydrogen-bond acceptors (Lipinski definition) is 26. The number of carbonyl (C=O) groups is 12. The molecule has 39 nitrogen and oxygen atoms in total. The number of nitrogen functional groups attached to an aromatic ring is 1. The maximum atomic E-state index is 11.1. The largest absolute Gasteiger partial charge is 0.381 e. The SMILES string of the molecule is C.C=C1CC(=O)CN1.C=C1CC(=O)NC(=O)N1.C=C1CC=CN1.C=C1N=CC=CN1.C=C1NC=CC(=O)N1.Nc1nc2c(c(=O)[nH]1)N=CC2.O=C1CC(=O)NCN1.O=C1CCC=NN1.O=C1CCCN1.O=C1CCc2ccccc2N1.O=C1CN2CCCCC2N1.O=C1CN=Cc2ccccc2N1.O=C1Cc2ccccc2N1.O=c1[nH]ncc2ccccc12. The van der Waals surface area contributed by atoms with E-state index in [-0.39, 0.29) is 115 Å². The maximum Gasteiger partial charge on any atom is 0.325 e. The topological polar surface area (TPSA) is 555 Å². The zero-order valence-corrected chi connectivity index (χ0v) is 67.5. The number of hydrogen-bond donors (Lipinski definition) is 18. The number of nitrogens with two attached hydrogens (primary N) is 1. The molecular weight excluding hydrogens is 1600 g/mol. The number of aliphatic imine (C=N–C) groups is 3. The fourth-order valence-corrected chi connectivity index (χ4v) is 11.4. The number of allylic oxidation sites excluding steroid dienone is 3. The number of imide groups is 1. The highest BCUT2D eigenvalue weighted by atomic mass is 16.2. The molecule has 12 amide bonds. The number of benzene rings is 4. The van der Waals surface area contributed by atoms with Gasteiger partial charge in [0.25, 0.3) is 17.0 Å². The summed E-state index contributed by atoms with van der Waals surface area (Å²) in [5, 5.41) is 48.1. The molecule has 0 bridgehead atoms. The van der Waals surface area contributed by atoms with Crippen molar-refractivity contribution in [2.75, 3.05) is 61.1 Å². The molecule has 1 atom stereocenters. The van der Waals surface area contributed by atoms with Crippen LogP contribution in [0.25, 0.3) is 10.8 Å². The van der Waals surface area contributed by atoms with Crippen LogP contribution >= 0.6 is 0 Å². The number of benzodiazepines with no additional fused rings is 1. The summed E-state index contributed by atoms with van der Waals surface area (Å²) < 4.78 is 0. The molecule has 1 unspecified atom stereocenters. The fraction of sp³-hybridized carbons (Fsp3) is 0.271. The Labute approximate surface area is 714 Å². The van der Waals surface area contributed by atoms with E-state index in [1.807, 2.05) is 103 Å². The van der Waals surface area contributed by atoms with E-state index in [4.69, 9.17) is 5.73 Å². The molecule has 19 N–H and O–H groups in total. The number of para-hydroxylation sites is 3. The van der Waals surface area contributed by atoms with E-state index in [1.54, 1.807) is 49.5 Å². The molecule has 16 heterocycles. The summed E-state index contributed by atoms with van der Waals surface area (Å²) in [7, 11) is 0. The van der Waals surface area contributed by atoms with Crippen molar-refractivity contribution in [3.05, 3.63) is 245 Å². The van der Waals surface area contributed by atoms with Crippen molar-refractivity contribution in [2.45, 2.75) is 110 Å². The number of hydrazone groups is 1. The van der Waals surface area contributed by atoms with E-state index >= 15 is 0 Å². The molecule has 4 aromatic carbocycles. The zero-order chi connectivity index (χ0) is 88.7. The lowest BCUT2D eigenvalue weighted by atomic mass is 10.0. The number of carbonyl (C=O) groups excluding carboxylic acids is 12. The predicted octanol–water partition coefficient (Wildman–Crippen LogP) is 4.40. The van der Waals surface area contributed by atoms with Crippen LogP contribution in [-0.4, -0.2) is 166 Å². The Bertz CT molecular complexity index is 5090. The number of anilines is 4. The van der Waals surface area contributed by atoms with Gasteiger partial charge in [-0.25, -0.2) is 25.3 Å². The number of aromatic nitrogens is 4. The van der Waals surface area contributed by atoms with Crippen molar-refractivity contribution in [1.29, 1.82) is 0 Å². The van der Waals surface area contributed by atoms with Gasteiger partial charge < -0.3 is 74.9 Å². The summed E-state index contributed by atoms with van der Waals surface area (Å²) in [6.45, 7) is 21.3. The third-order valence-electron chi connectivity index (χ3n) is 17.2. The molecule has 124 heavy (non-hydrogen) atoms. The average Bonchev–Trinajstić information content (AvgIpc) is 1.65. The second-order valence-electron chi connectivity index (χ2n) is 27.2. The Kier molecular flexibility index (Phi) is 41.5. The van der Waals surface area contributed by atoms with Crippen LogP contribution in [0.5, 0.6) is 0 Å². The van der Waals surface area contributed by atoms with Crippen LogP contribution in [0.3, 0.4) is 0 Å². The molecule has 0 spiro atoms. The quantitative estimate of drug-likeness (QED) is 0.0937. The van der Waals surface area contributed by atoms with Crippen molar-refractivity contribution in [1.82, 2.24) is 89.0 Å². The summed E-state index contributed by atoms with van der Waals surface area (Å²) in [6, 6.07) is 30.1. The van der Waals surface area contributed by atoms with Gasteiger partial charge in [0.1, 0.15) is 30.3 Å². The molecule has 14 aliphatic heterocycles. The van der Waals surface area contributed by atoms with E-state index < -0.39 is 6.03 Å². The van der Waals surface area contributed by atoms with Crippen LogP contribution in [0.15, 0.2) is 231 Å². The molecule has 6 fully saturated rings. The number of Topliss-reactive ketones (excluding diaryl/α,β-unsaturated/α-hetero) is 1. The molecule has 2 aromatic heterocycles. The van der Waals surface area contributed by atoms with Gasteiger partial charge in [-0.2, -0.15) is 10.2 Å². The molecule has 39 heteroatoms. The molecule has 14 aliphatic rings. The average molecular weight is 1700 g/mol. The number of ketones is 1. The van der Waals surface area contributed by atoms with Crippen molar-refractivity contribution in [3.8, 4) is 0 Å². The normalized spacial score (nSPS) is 17.6. The van der Waals surface area contributed by atoms with Gasteiger partial charge in [0.15, 0.2) is 5.78 Å². The van der Waals surface area contributed by atoms with Crippen molar-refractivity contribution >= 4 is 135 Å². The highest BCUT2D eigenvalue weighted by Crippen LogP contribution is 2.23. The maximum absolute atomic E-state index is 11.1. The lowest BCUT2D eigenvalue weighted by molar-refractivity contribution is -0.132. The first-order chi connectivity index (χ1) is 59.2. The number of nitrogens with one attached hydrogen (secondary N) is 17. The second-order valence-corrected chi connectivity index (χ2v) is 27.2. The first kappa shape index (κ1) is 97.1. The second kappa shape index (κ2) is 53.0. The summed E-state index contributed by atoms with van der Waals surface area (Å²) in [4.78, 5) is 168. The smallest absolute Gasteiger partial charge is 0.325 e. The number of amides is 12. The van der Waals surface area contributed by atoms with Crippen LogP contribution in [0.1, 0.15) is 107 Å². The van der Waals surface area contributed by atoms with Crippen LogP contribution in [0.2, 0.25) is 0 Å². The third-order valence-corrected chi connectivity index (χ3v) is 17.2. The number of fused-ring (bicyclic) bond motifs is 6. The fourth-order valence-electron chi connectivity index (χ4n) is 11.4. The van der Waals surface area contributed by atoms with Crippen LogP contribution in [-0.2, 0) is 72.0 Å². The first-order valence-electron chi connectivity index (χ1n) is 38.7. The minimum Gasteiger partial charge on any atom is -0.381 e. The zero-order valence-electron chi connectivity index (χ0n) is 67.5. The number of H-pyrrole nitrogens is 2. The molecule has 6 saturated heterocycles. The number of nitrogens with zero attached hydrogens (tertiary/aromatic N) is 7. The summed E-state index contributed by atoms with van der Waals surface area (Å²) in [5.74, 6) is 1.37. The summed E-state index contributed by atoms with van der Waals surface area (Å²) >= 11 is 0. The number of aryl methyl sites for hydroxylation is 1. The number of rotatable bonds is 0. The standard InChI is InChI=1S/C9H8N2O.C9H9NO.C8H6N2O.C8H7NO.C7H12N2O.C6H6N4O.C5H6N2O2.C5H6N2O.C5H6N2.C5H7NO.C5H7N.C4H6N2O2.C4H6N2O.C4H7NO.CH4/c12-9-6-10-5-7-3-1-2-4-8(7)11-9;11-9-6-5-7-3-1-2-4-8(7)10-9;11-8-7-4-2-1-3-6(7)5-9-10-8;10-8-5-6-3-1-2-4-7(6)9-8;10-7-5-9-4-2-1-3-6(9)8-7;7-6-9-3-1-2-8-4(3)5(11)10-6;1-3-2-4(8)7-5(9)6-3;1-4-6-3-2-5(8)7-4;1-5-6-3-2-4-7-5;1-4-2-5(7)3-6-4;1-5-3-2-4-6-5;7-3-1-4(8)6-2-5-3;7-4-2-1-3-5-6-4;6-4-2-1-3-5-4;/h1-5H,6H2,(H,11,12);1-4H,5-6H2,(H,10,11);1-5H,(H,10,11);1-4H,5H2,(H,9,10);6H,1-5H2,(H,8,10);2H,1H2,(H3,7,9,10,11);1-2H2,(H2,6,7,8,9);2-3,6H,1H2,(H,7,8);2-4,6H,1H2;6H,1-3H2;2,4,6H,1,3H2;1-2H2,(H,5,7)(H,6,8);3H,1-2H2,(H,6,7);1-3H2,(H,5,6);1H4. The van der Waals surface area contributed by atoms with Gasteiger partial charge in [0, 0.05) is 145 Å². The number of aromatic amines is 2. The van der Waals surface area contributed by atoms with Crippen LogP contribution in [0.4, 0.5) is 33.5 Å². The first-order valence-corrected chi connectivity index (χ1v) is 38.7. The van der Waals surface area contributed by atoms with Gasteiger partial charge in [0.2, 0.25) is 59.1 Å². The highest BCUT2D eigenvalue weighted by molar-refractivity contribution is 6.02. The van der Waals surface area contributed by atoms with E-state index in [0.29, 0.717) is 85.5 Å². The monoisotopic (exact) mass is 1700 g/mol. The van der Waals surface area contributed by atoms with Crippen molar-refractivity contribution in [3.63, 3.8) is 0 Å². The minimum absolute atomic E-state index is 0. The van der Waals surface area contributed by atoms with E-state index in [2.05, 4.69) is 164 Å². The van der Waals surface area contributed by atoms with Crippen molar-refractivity contribution < 1.29 is 57.5 Å². The van der Waals surface area contributed by atoms with Gasteiger partial charge in [-0.05, 0) is 86.2 Å². The molecule has 0 aliphatic carbocycles. The molecule has 652 valence electrons. The van der Waals surface area contributed by atoms with E-state index in [1.165, 1.54) is 24.5 Å². The molecule has 6 aromatic rings. The molecule has 0 radical (unpaired) electrons. The lowest BCUT2D eigenvalue weighted by Gasteiger charge is -2.27. The molecule has 0 saturated carbocycles. The van der Waals surface area contributed by atoms with E-state index in [9.17, 15) is 67.1 Å². The Hall–Kier alpha value is -15.7. The van der Waals surface area contributed by atoms with Gasteiger partial charge in [-0.1, -0.05) is 119 Å². The predicted molar refractivity (Wildman–Crippen MR) is 474 cm³/mol. The number of urea groups is 1. The van der Waals surface area contributed by atoms with Gasteiger partial charge in [0.05, 0.1) is 50.7 Å². The molecule has 20 rings (SSSR count). The summed E-state index contributed by atoms with van der Waals surface area (Å²) in [5.41, 5.74) is 16.7. The minimum atomic E-state index is -0.490. The summed E-state index contributed by atoms with van der Waals surface area (Å²) in [6.07, 6.45) is 30.4. The lowest BCUT2D eigenvalue weighted by Crippen LogP contribution is -2.45. The Morgan fingerprint density at radius 1 is 0.532 bits per heavy atom. The Morgan fingerprint density at radius 3 is 1.77 bits per heavy atom. The van der Waals surface area contributed by atoms with Gasteiger partial charge >= 0.3 is 6.03 Å². The highest BCUT2D eigenvalue weighted by Gasteiger charge is 2.31. The van der Waals surface area contributed by atoms with E-state index in [0.717, 1.165) is 96.6 Å².